The van der Waals surface area contributed by atoms with Crippen molar-refractivity contribution in [2.45, 2.75) is 19.4 Å². The highest BCUT2D eigenvalue weighted by Crippen LogP contribution is 2.38. The Hall–Kier alpha value is -2.05. The van der Waals surface area contributed by atoms with Gasteiger partial charge in [0.05, 0.1) is 24.0 Å². The number of aliphatic hydroxyl groups is 1. The summed E-state index contributed by atoms with van der Waals surface area (Å²) >= 11 is 5.90. The zero-order chi connectivity index (χ0) is 15.0. The highest BCUT2D eigenvalue weighted by atomic mass is 35.5. The van der Waals surface area contributed by atoms with Crippen molar-refractivity contribution in [3.05, 3.63) is 40.2 Å². The number of carbonyl (C=O) groups is 1. The van der Waals surface area contributed by atoms with Crippen molar-refractivity contribution in [2.75, 3.05) is 11.9 Å². The molecule has 1 aromatic heterocycles. The van der Waals surface area contributed by atoms with Crippen molar-refractivity contribution in [1.82, 2.24) is 10.2 Å². The molecule has 1 unspecified atom stereocenters. The van der Waals surface area contributed by atoms with Crippen LogP contribution in [-0.4, -0.2) is 27.8 Å². The van der Waals surface area contributed by atoms with Gasteiger partial charge < -0.3 is 15.2 Å². The molecular formula is C14H14ClN3O3. The van der Waals surface area contributed by atoms with Crippen LogP contribution >= 0.6 is 11.6 Å². The second kappa shape index (κ2) is 5.38. The molecule has 2 aromatic rings. The van der Waals surface area contributed by atoms with E-state index < -0.39 is 6.10 Å². The van der Waals surface area contributed by atoms with Crippen molar-refractivity contribution >= 4 is 23.2 Å². The molecule has 0 radical (unpaired) electrons. The number of nitrogens with zero attached hydrogens (tertiary/aromatic N) is 1. The average Bonchev–Trinajstić information content (AvgIpc) is 2.79. The van der Waals surface area contributed by atoms with Crippen LogP contribution in [0, 0.1) is 6.92 Å². The van der Waals surface area contributed by atoms with Crippen LogP contribution in [0.2, 0.25) is 5.15 Å². The zero-order valence-corrected chi connectivity index (χ0v) is 12.1. The van der Waals surface area contributed by atoms with Crippen molar-refractivity contribution in [1.29, 1.82) is 0 Å². The summed E-state index contributed by atoms with van der Waals surface area (Å²) in [5, 5.41) is 19.3. The zero-order valence-electron chi connectivity index (χ0n) is 11.3. The van der Waals surface area contributed by atoms with Crippen molar-refractivity contribution < 1.29 is 14.6 Å². The van der Waals surface area contributed by atoms with E-state index in [1.807, 2.05) is 0 Å². The lowest BCUT2D eigenvalue weighted by molar-refractivity contribution is 0.102. The number of nitrogens with one attached hydrogen (secondary N) is 2. The van der Waals surface area contributed by atoms with E-state index in [1.165, 1.54) is 0 Å². The van der Waals surface area contributed by atoms with Gasteiger partial charge in [-0.15, -0.1) is 0 Å². The molecule has 7 heteroatoms. The Morgan fingerprint density at radius 2 is 2.38 bits per heavy atom. The van der Waals surface area contributed by atoms with Crippen LogP contribution in [0.25, 0.3) is 0 Å². The molecule has 1 aliphatic rings. The summed E-state index contributed by atoms with van der Waals surface area (Å²) in [6, 6.07) is 5.26. The van der Waals surface area contributed by atoms with E-state index in [0.717, 1.165) is 0 Å². The first kappa shape index (κ1) is 13.9. The quantitative estimate of drug-likeness (QED) is 0.795. The van der Waals surface area contributed by atoms with E-state index in [2.05, 4.69) is 15.5 Å². The number of hydrogen-bond acceptors (Lipinski definition) is 4. The molecule has 0 bridgehead atoms. The molecule has 0 fully saturated rings. The third-order valence-electron chi connectivity index (χ3n) is 3.42. The van der Waals surface area contributed by atoms with Gasteiger partial charge in [-0.05, 0) is 13.0 Å². The van der Waals surface area contributed by atoms with Gasteiger partial charge in [0.25, 0.3) is 5.91 Å². The predicted molar refractivity (Wildman–Crippen MR) is 77.8 cm³/mol. The fraction of sp³-hybridized carbons (Fsp3) is 0.286. The Balaban J connectivity index is 1.92. The van der Waals surface area contributed by atoms with Crippen LogP contribution in [0.5, 0.6) is 5.75 Å². The number of fused-ring (bicyclic) bond motifs is 1. The number of H-pyrrole nitrogens is 1. The summed E-state index contributed by atoms with van der Waals surface area (Å²) < 4.78 is 5.57. The van der Waals surface area contributed by atoms with E-state index in [-0.39, 0.29) is 11.1 Å². The van der Waals surface area contributed by atoms with E-state index in [1.54, 1.807) is 25.1 Å². The number of ether oxygens (including phenoxy) is 1. The van der Waals surface area contributed by atoms with Gasteiger partial charge in [0.2, 0.25) is 0 Å². The maximum atomic E-state index is 12.3. The Bertz CT molecular complexity index is 679. The molecule has 3 N–H and O–H groups in total. The topological polar surface area (TPSA) is 87.2 Å². The molecule has 1 atom stereocenters. The number of carbonyl (C=O) groups excluding carboxylic acids is 1. The fourth-order valence-electron chi connectivity index (χ4n) is 2.35. The monoisotopic (exact) mass is 307 g/mol. The number of para-hydroxylation sites is 1. The lowest BCUT2D eigenvalue weighted by Gasteiger charge is -2.24. The van der Waals surface area contributed by atoms with E-state index in [9.17, 15) is 9.90 Å². The third kappa shape index (κ3) is 2.48. The molecular weight excluding hydrogens is 294 g/mol. The number of benzene rings is 1. The van der Waals surface area contributed by atoms with Crippen LogP contribution in [-0.2, 0) is 0 Å². The first-order valence-electron chi connectivity index (χ1n) is 6.53. The Labute approximate surface area is 126 Å². The average molecular weight is 308 g/mol. The lowest BCUT2D eigenvalue weighted by Crippen LogP contribution is -2.18. The van der Waals surface area contributed by atoms with Crippen LogP contribution in [0.4, 0.5) is 5.69 Å². The minimum absolute atomic E-state index is 0.121. The van der Waals surface area contributed by atoms with Gasteiger partial charge >= 0.3 is 0 Å². The molecule has 3 rings (SSSR count). The highest BCUT2D eigenvalue weighted by molar-refractivity contribution is 6.33. The highest BCUT2D eigenvalue weighted by Gasteiger charge is 2.24. The number of aromatic amines is 1. The van der Waals surface area contributed by atoms with Gasteiger partial charge in [-0.3, -0.25) is 9.89 Å². The number of anilines is 1. The standard InChI is InChI=1S/C14H14ClN3O3/c1-7-11(13(15)18-17-7)14(20)16-9-4-2-3-8-10(19)5-6-21-12(8)9/h2-4,10,19H,5-6H2,1H3,(H,16,20)(H,17,18). The first-order valence-corrected chi connectivity index (χ1v) is 6.91. The van der Waals surface area contributed by atoms with Gasteiger partial charge in [-0.25, -0.2) is 0 Å². The smallest absolute Gasteiger partial charge is 0.260 e. The number of hydrogen-bond donors (Lipinski definition) is 3. The van der Waals surface area contributed by atoms with E-state index in [0.29, 0.717) is 41.3 Å². The minimum atomic E-state index is -0.579. The molecule has 0 aliphatic carbocycles. The maximum Gasteiger partial charge on any atom is 0.260 e. The number of aromatic nitrogens is 2. The fourth-order valence-corrected chi connectivity index (χ4v) is 2.62. The Morgan fingerprint density at radius 3 is 3.10 bits per heavy atom. The van der Waals surface area contributed by atoms with Crippen LogP contribution in [0.1, 0.15) is 34.1 Å². The summed E-state index contributed by atoms with van der Waals surface area (Å²) in [6.07, 6.45) is -0.0401. The van der Waals surface area contributed by atoms with Crippen LogP contribution in [0.15, 0.2) is 18.2 Å². The Kier molecular flexibility index (Phi) is 3.57. The SMILES string of the molecule is Cc1[nH]nc(Cl)c1C(=O)Nc1cccc2c1OCCC2O. The molecule has 1 amide bonds. The van der Waals surface area contributed by atoms with Gasteiger partial charge in [-0.1, -0.05) is 23.7 Å². The molecule has 0 saturated carbocycles. The van der Waals surface area contributed by atoms with Gasteiger partial charge in [0.1, 0.15) is 5.75 Å². The van der Waals surface area contributed by atoms with Crippen LogP contribution in [0.3, 0.4) is 0 Å². The number of amides is 1. The van der Waals surface area contributed by atoms with E-state index >= 15 is 0 Å². The van der Waals surface area contributed by atoms with Gasteiger partial charge in [0.15, 0.2) is 5.15 Å². The molecule has 6 nitrogen and oxygen atoms in total. The van der Waals surface area contributed by atoms with Crippen molar-refractivity contribution in [3.63, 3.8) is 0 Å². The molecule has 110 valence electrons. The lowest BCUT2D eigenvalue weighted by atomic mass is 10.0. The molecule has 1 aromatic carbocycles. The summed E-state index contributed by atoms with van der Waals surface area (Å²) in [5.74, 6) is 0.130. The number of rotatable bonds is 2. The summed E-state index contributed by atoms with van der Waals surface area (Å²) in [7, 11) is 0. The molecule has 0 spiro atoms. The normalized spacial score (nSPS) is 17.0. The van der Waals surface area contributed by atoms with Crippen molar-refractivity contribution in [3.8, 4) is 5.75 Å². The molecule has 1 aliphatic heterocycles. The van der Waals surface area contributed by atoms with Crippen LogP contribution < -0.4 is 10.1 Å². The second-order valence-electron chi connectivity index (χ2n) is 4.85. The molecule has 21 heavy (non-hydrogen) atoms. The third-order valence-corrected chi connectivity index (χ3v) is 3.69. The summed E-state index contributed by atoms with van der Waals surface area (Å²) in [5.41, 5.74) is 2.07. The first-order chi connectivity index (χ1) is 10.1. The number of aryl methyl sites for hydroxylation is 1. The van der Waals surface area contributed by atoms with Gasteiger partial charge in [0, 0.05) is 17.7 Å². The largest absolute Gasteiger partial charge is 0.491 e. The number of halogens is 1. The minimum Gasteiger partial charge on any atom is -0.491 e. The summed E-state index contributed by atoms with van der Waals surface area (Å²) in [4.78, 5) is 12.3. The van der Waals surface area contributed by atoms with Crippen molar-refractivity contribution in [2.24, 2.45) is 0 Å². The molecule has 0 saturated heterocycles. The maximum absolute atomic E-state index is 12.3. The predicted octanol–water partition coefficient (Wildman–Crippen LogP) is 2.44. The van der Waals surface area contributed by atoms with E-state index in [4.69, 9.17) is 16.3 Å². The van der Waals surface area contributed by atoms with Gasteiger partial charge in [-0.2, -0.15) is 5.10 Å². The number of aliphatic hydroxyl groups excluding tert-OH is 1. The molecule has 2 heterocycles. The Morgan fingerprint density at radius 1 is 1.57 bits per heavy atom. The second-order valence-corrected chi connectivity index (χ2v) is 5.20. The summed E-state index contributed by atoms with van der Waals surface area (Å²) in [6.45, 7) is 2.13.